The van der Waals surface area contributed by atoms with Crippen molar-refractivity contribution in [1.82, 2.24) is 9.80 Å². The van der Waals surface area contributed by atoms with Crippen LogP contribution in [0, 0.1) is 52.8 Å². The van der Waals surface area contributed by atoms with Crippen molar-refractivity contribution in [3.8, 4) is 0 Å². The quantitative estimate of drug-likeness (QED) is 0.250. The standard InChI is InChI=1S/C53H76N2/c1-4-20-38(21-5-1)54(39-22-6-2-7-23-39)41-34-35-44-43-27-12-14-29-46(43)53(49(44)36-41)47-30-15-13-28-45(47)52-48(53)31-17-33-51(52)55(40-24-8-3-9-25-40)50-32-16-19-37-18-10-11-26-42(37)50/h4,12,14,20,22,27,29,36-38,40,42-44,46,48-52H,1-3,5-11,13,15-19,21,23-26,28,30-35H2. The highest BCUT2D eigenvalue weighted by Crippen LogP contribution is 2.75. The van der Waals surface area contributed by atoms with E-state index in [-0.39, 0.29) is 0 Å². The van der Waals surface area contributed by atoms with Crippen LogP contribution in [0.2, 0.25) is 0 Å². The van der Waals surface area contributed by atoms with Crippen LogP contribution in [0.1, 0.15) is 180 Å². The van der Waals surface area contributed by atoms with E-state index in [0.717, 1.165) is 53.6 Å². The summed E-state index contributed by atoms with van der Waals surface area (Å²) in [5.74, 6) is 6.64. The second kappa shape index (κ2) is 15.4. The van der Waals surface area contributed by atoms with E-state index < -0.39 is 0 Å². The normalized spacial score (nSPS) is 44.1. The highest BCUT2D eigenvalue weighted by atomic mass is 15.2. The van der Waals surface area contributed by atoms with E-state index in [2.05, 4.69) is 69.6 Å². The molecule has 12 unspecified atom stereocenters. The fourth-order valence-corrected chi connectivity index (χ4v) is 17.3. The summed E-state index contributed by atoms with van der Waals surface area (Å²) in [5.41, 5.74) is 7.93. The van der Waals surface area contributed by atoms with Crippen molar-refractivity contribution in [1.29, 1.82) is 0 Å². The van der Waals surface area contributed by atoms with E-state index in [4.69, 9.17) is 0 Å². The van der Waals surface area contributed by atoms with E-state index in [9.17, 15) is 0 Å². The minimum Gasteiger partial charge on any atom is -0.342 e. The first-order valence-electron chi connectivity index (χ1n) is 25.0. The molecule has 0 saturated heterocycles. The molecule has 12 atom stereocenters. The number of rotatable bonds is 6. The van der Waals surface area contributed by atoms with Crippen LogP contribution in [0.25, 0.3) is 0 Å². The van der Waals surface area contributed by atoms with Gasteiger partial charge >= 0.3 is 0 Å². The Morgan fingerprint density at radius 3 is 2.25 bits per heavy atom. The molecule has 11 aliphatic rings. The van der Waals surface area contributed by atoms with E-state index >= 15 is 0 Å². The Bertz CT molecular complexity index is 1600. The third-order valence-electron chi connectivity index (χ3n) is 19.0. The second-order valence-electron chi connectivity index (χ2n) is 21.2. The lowest BCUT2D eigenvalue weighted by molar-refractivity contribution is -0.0649. The molecule has 1 spiro atoms. The lowest BCUT2D eigenvalue weighted by Gasteiger charge is -2.57. The van der Waals surface area contributed by atoms with Gasteiger partial charge in [-0.05, 0) is 169 Å². The van der Waals surface area contributed by atoms with Gasteiger partial charge < -0.3 is 4.90 Å². The fourth-order valence-electron chi connectivity index (χ4n) is 17.3. The van der Waals surface area contributed by atoms with Crippen LogP contribution in [0.15, 0.2) is 71.1 Å². The molecular formula is C53H76N2. The molecule has 2 nitrogen and oxygen atoms in total. The molecule has 0 aromatic heterocycles. The minimum atomic E-state index is 0.342. The van der Waals surface area contributed by atoms with Crippen molar-refractivity contribution in [2.45, 2.75) is 204 Å². The average Bonchev–Trinajstić information content (AvgIpc) is 3.73. The van der Waals surface area contributed by atoms with Gasteiger partial charge in [-0.25, -0.2) is 0 Å². The Morgan fingerprint density at radius 1 is 0.545 bits per heavy atom. The summed E-state index contributed by atoms with van der Waals surface area (Å²) in [6.07, 6.45) is 61.8. The lowest BCUT2D eigenvalue weighted by Crippen LogP contribution is -2.60. The average molecular weight is 741 g/mol. The summed E-state index contributed by atoms with van der Waals surface area (Å²) in [6.45, 7) is 0. The van der Waals surface area contributed by atoms with Gasteiger partial charge in [0.25, 0.3) is 0 Å². The van der Waals surface area contributed by atoms with Crippen LogP contribution in [0.5, 0.6) is 0 Å². The molecule has 0 aliphatic heterocycles. The van der Waals surface area contributed by atoms with Crippen LogP contribution >= 0.6 is 0 Å². The zero-order valence-corrected chi connectivity index (χ0v) is 34.7. The number of hydrogen-bond donors (Lipinski definition) is 0. The molecule has 0 N–H and O–H groups in total. The maximum Gasteiger partial charge on any atom is 0.0515 e. The van der Waals surface area contributed by atoms with E-state index in [0.29, 0.717) is 23.3 Å². The molecule has 0 bridgehead atoms. The van der Waals surface area contributed by atoms with Gasteiger partial charge in [0.05, 0.1) is 6.04 Å². The highest BCUT2D eigenvalue weighted by molar-refractivity contribution is 5.46. The van der Waals surface area contributed by atoms with Crippen LogP contribution in [-0.2, 0) is 0 Å². The zero-order valence-electron chi connectivity index (χ0n) is 34.7. The molecule has 11 aliphatic carbocycles. The van der Waals surface area contributed by atoms with Gasteiger partial charge in [-0.3, -0.25) is 4.90 Å². The van der Waals surface area contributed by atoms with Gasteiger partial charge in [-0.15, -0.1) is 0 Å². The minimum absolute atomic E-state index is 0.342. The molecule has 2 heteroatoms. The van der Waals surface area contributed by atoms with Crippen LogP contribution in [0.4, 0.5) is 0 Å². The van der Waals surface area contributed by atoms with Crippen LogP contribution in [-0.4, -0.2) is 34.0 Å². The van der Waals surface area contributed by atoms with Gasteiger partial charge in [-0.2, -0.15) is 0 Å². The summed E-state index contributed by atoms with van der Waals surface area (Å²) in [5, 5.41) is 0. The predicted octanol–water partition coefficient (Wildman–Crippen LogP) is 13.8. The Balaban J connectivity index is 1.04. The molecule has 11 rings (SSSR count). The van der Waals surface area contributed by atoms with Crippen molar-refractivity contribution < 1.29 is 0 Å². The highest BCUT2D eigenvalue weighted by Gasteiger charge is 2.69. The maximum atomic E-state index is 3.46. The van der Waals surface area contributed by atoms with Crippen molar-refractivity contribution in [2.24, 2.45) is 52.8 Å². The molecule has 55 heavy (non-hydrogen) atoms. The SMILES string of the molecule is C1=CC2C3CCC(N(C4=CCCCC4)C4C=CCCC4)=CC3C3(C4=C(CCCC4)C4C(N(C5CCCCC5)C5CCCC6CCCCC65)CCCC43)C2C=C1. The number of fused-ring (bicyclic) bond motifs is 10. The zero-order chi connectivity index (χ0) is 36.3. The first kappa shape index (κ1) is 36.3. The molecule has 0 amide bonds. The predicted molar refractivity (Wildman–Crippen MR) is 229 cm³/mol. The van der Waals surface area contributed by atoms with Crippen LogP contribution in [0.3, 0.4) is 0 Å². The fraction of sp³-hybridized carbons (Fsp3) is 0.774. The Hall–Kier alpha value is -1.80. The lowest BCUT2D eigenvalue weighted by atomic mass is 9.55. The summed E-state index contributed by atoms with van der Waals surface area (Å²) in [6, 6.07) is 3.11. The van der Waals surface area contributed by atoms with Gasteiger partial charge in [0.1, 0.15) is 0 Å². The molecule has 5 saturated carbocycles. The molecular weight excluding hydrogens is 665 g/mol. The van der Waals surface area contributed by atoms with Crippen molar-refractivity contribution in [2.75, 3.05) is 0 Å². The van der Waals surface area contributed by atoms with Crippen molar-refractivity contribution >= 4 is 0 Å². The second-order valence-corrected chi connectivity index (χ2v) is 21.2. The number of nitrogens with zero attached hydrogens (tertiary/aromatic N) is 2. The molecule has 0 aromatic carbocycles. The first-order valence-corrected chi connectivity index (χ1v) is 25.0. The summed E-state index contributed by atoms with van der Waals surface area (Å²) >= 11 is 0. The van der Waals surface area contributed by atoms with Crippen LogP contribution < -0.4 is 0 Å². The van der Waals surface area contributed by atoms with Gasteiger partial charge in [0, 0.05) is 34.9 Å². The van der Waals surface area contributed by atoms with Gasteiger partial charge in [0.2, 0.25) is 0 Å². The summed E-state index contributed by atoms with van der Waals surface area (Å²) in [4.78, 5) is 6.44. The molecule has 0 heterocycles. The molecule has 5 fully saturated rings. The Labute approximate surface area is 336 Å². The Morgan fingerprint density at radius 2 is 1.36 bits per heavy atom. The van der Waals surface area contributed by atoms with Gasteiger partial charge in [0.15, 0.2) is 0 Å². The van der Waals surface area contributed by atoms with Gasteiger partial charge in [-0.1, -0.05) is 118 Å². The van der Waals surface area contributed by atoms with E-state index in [1.807, 2.05) is 0 Å². The first-order chi connectivity index (χ1) is 27.3. The topological polar surface area (TPSA) is 6.48 Å². The smallest absolute Gasteiger partial charge is 0.0515 e. The number of hydrogen-bond acceptors (Lipinski definition) is 2. The van der Waals surface area contributed by atoms with E-state index in [1.165, 1.54) is 161 Å². The largest absolute Gasteiger partial charge is 0.342 e. The molecule has 0 radical (unpaired) electrons. The molecule has 0 aromatic rings. The van der Waals surface area contributed by atoms with E-state index in [1.54, 1.807) is 30.7 Å². The third-order valence-corrected chi connectivity index (χ3v) is 19.0. The summed E-state index contributed by atoms with van der Waals surface area (Å²) < 4.78 is 0. The monoisotopic (exact) mass is 741 g/mol. The Kier molecular flexibility index (Phi) is 10.2. The van der Waals surface area contributed by atoms with Crippen molar-refractivity contribution in [3.63, 3.8) is 0 Å². The molecule has 298 valence electrons. The maximum absolute atomic E-state index is 3.46. The van der Waals surface area contributed by atoms with Crippen molar-refractivity contribution in [3.05, 3.63) is 71.1 Å². The third kappa shape index (κ3) is 5.99. The number of allylic oxidation sites excluding steroid dienone is 10. The summed E-state index contributed by atoms with van der Waals surface area (Å²) in [7, 11) is 0.